The van der Waals surface area contributed by atoms with Crippen molar-refractivity contribution in [3.8, 4) is 0 Å². The van der Waals surface area contributed by atoms with Crippen LogP contribution in [0.25, 0.3) is 0 Å². The number of hydrogen-bond donors (Lipinski definition) is 1. The third kappa shape index (κ3) is 3.96. The fourth-order valence-corrected chi connectivity index (χ4v) is 3.18. The first kappa shape index (κ1) is 14.9. The zero-order valence-corrected chi connectivity index (χ0v) is 13.8. The Balaban J connectivity index is 2.00. The van der Waals surface area contributed by atoms with Crippen LogP contribution in [-0.4, -0.2) is 19.1 Å². The van der Waals surface area contributed by atoms with E-state index in [1.165, 1.54) is 35.1 Å². The number of benzene rings is 1. The van der Waals surface area contributed by atoms with E-state index < -0.39 is 0 Å². The van der Waals surface area contributed by atoms with Crippen LogP contribution in [0.5, 0.6) is 0 Å². The van der Waals surface area contributed by atoms with Crippen LogP contribution < -0.4 is 10.2 Å². The maximum Gasteiger partial charge on any atom is 0.0380 e. The standard InChI is InChI=1S/C16H25BrN2/c1-12(2)10-18-11-14-6-7-15(9-16(14)17)19-8-4-5-13(19)3/h6-7,9,12-13,18H,4-5,8,10-11H2,1-3H3. The van der Waals surface area contributed by atoms with Crippen molar-refractivity contribution in [1.82, 2.24) is 5.32 Å². The number of halogens is 1. The van der Waals surface area contributed by atoms with Gasteiger partial charge >= 0.3 is 0 Å². The molecule has 0 spiro atoms. The van der Waals surface area contributed by atoms with Gasteiger partial charge in [0.2, 0.25) is 0 Å². The molecule has 19 heavy (non-hydrogen) atoms. The second kappa shape index (κ2) is 6.76. The molecule has 0 aliphatic carbocycles. The molecular formula is C16H25BrN2. The van der Waals surface area contributed by atoms with Crippen LogP contribution in [-0.2, 0) is 6.54 Å². The van der Waals surface area contributed by atoms with E-state index >= 15 is 0 Å². The second-order valence-corrected chi connectivity index (χ2v) is 6.84. The molecule has 2 nitrogen and oxygen atoms in total. The van der Waals surface area contributed by atoms with Crippen LogP contribution in [0.2, 0.25) is 0 Å². The maximum absolute atomic E-state index is 3.71. The molecular weight excluding hydrogens is 300 g/mol. The van der Waals surface area contributed by atoms with Gasteiger partial charge < -0.3 is 10.2 Å². The summed E-state index contributed by atoms with van der Waals surface area (Å²) >= 11 is 3.71. The zero-order valence-electron chi connectivity index (χ0n) is 12.2. The van der Waals surface area contributed by atoms with Crippen LogP contribution in [0.15, 0.2) is 22.7 Å². The van der Waals surface area contributed by atoms with Gasteiger partial charge in [-0.15, -0.1) is 0 Å². The van der Waals surface area contributed by atoms with E-state index in [4.69, 9.17) is 0 Å². The Morgan fingerprint density at radius 2 is 2.21 bits per heavy atom. The highest BCUT2D eigenvalue weighted by atomic mass is 79.9. The van der Waals surface area contributed by atoms with Crippen molar-refractivity contribution in [2.24, 2.45) is 5.92 Å². The monoisotopic (exact) mass is 324 g/mol. The molecule has 106 valence electrons. The van der Waals surface area contributed by atoms with Gasteiger partial charge in [-0.05, 0) is 49.9 Å². The Hall–Kier alpha value is -0.540. The van der Waals surface area contributed by atoms with E-state index in [9.17, 15) is 0 Å². The molecule has 1 aliphatic rings. The minimum absolute atomic E-state index is 0.678. The lowest BCUT2D eigenvalue weighted by Crippen LogP contribution is -2.26. The first-order valence-corrected chi connectivity index (χ1v) is 8.13. The molecule has 1 unspecified atom stereocenters. The van der Waals surface area contributed by atoms with Crippen molar-refractivity contribution in [2.45, 2.75) is 46.2 Å². The molecule has 2 rings (SSSR count). The number of rotatable bonds is 5. The van der Waals surface area contributed by atoms with Gasteiger partial charge in [-0.3, -0.25) is 0 Å². The first-order valence-electron chi connectivity index (χ1n) is 7.33. The minimum Gasteiger partial charge on any atom is -0.369 e. The summed E-state index contributed by atoms with van der Waals surface area (Å²) in [5, 5.41) is 3.50. The van der Waals surface area contributed by atoms with Crippen molar-refractivity contribution in [2.75, 3.05) is 18.0 Å². The van der Waals surface area contributed by atoms with Gasteiger partial charge in [0.1, 0.15) is 0 Å². The molecule has 1 heterocycles. The zero-order chi connectivity index (χ0) is 13.8. The second-order valence-electron chi connectivity index (χ2n) is 5.99. The lowest BCUT2D eigenvalue weighted by atomic mass is 10.1. The molecule has 1 aliphatic heterocycles. The Labute approximate surface area is 125 Å². The molecule has 0 bridgehead atoms. The highest BCUT2D eigenvalue weighted by molar-refractivity contribution is 9.10. The predicted molar refractivity (Wildman–Crippen MR) is 86.7 cm³/mol. The van der Waals surface area contributed by atoms with Crippen LogP contribution in [0, 0.1) is 5.92 Å². The normalized spacial score (nSPS) is 19.4. The molecule has 0 aromatic heterocycles. The van der Waals surface area contributed by atoms with E-state index in [1.807, 2.05) is 0 Å². The van der Waals surface area contributed by atoms with Gasteiger partial charge in [-0.25, -0.2) is 0 Å². The van der Waals surface area contributed by atoms with Gasteiger partial charge in [0.15, 0.2) is 0 Å². The highest BCUT2D eigenvalue weighted by Gasteiger charge is 2.20. The molecule has 1 atom stereocenters. The smallest absolute Gasteiger partial charge is 0.0380 e. The summed E-state index contributed by atoms with van der Waals surface area (Å²) < 4.78 is 1.22. The fourth-order valence-electron chi connectivity index (χ4n) is 2.67. The summed E-state index contributed by atoms with van der Waals surface area (Å²) in [5.41, 5.74) is 2.70. The van der Waals surface area contributed by atoms with E-state index in [0.29, 0.717) is 12.0 Å². The average Bonchev–Trinajstić information content (AvgIpc) is 2.77. The topological polar surface area (TPSA) is 15.3 Å². The molecule has 3 heteroatoms. The molecule has 0 saturated carbocycles. The van der Waals surface area contributed by atoms with Crippen LogP contribution in [0.3, 0.4) is 0 Å². The van der Waals surface area contributed by atoms with Gasteiger partial charge in [-0.1, -0.05) is 35.8 Å². The quantitative estimate of drug-likeness (QED) is 0.873. The molecule has 1 aromatic rings. The van der Waals surface area contributed by atoms with Gasteiger partial charge in [0.05, 0.1) is 0 Å². The van der Waals surface area contributed by atoms with Crippen molar-refractivity contribution < 1.29 is 0 Å². The lowest BCUT2D eigenvalue weighted by Gasteiger charge is -2.24. The Morgan fingerprint density at radius 3 is 2.79 bits per heavy atom. The minimum atomic E-state index is 0.678. The molecule has 0 radical (unpaired) electrons. The maximum atomic E-state index is 3.71. The number of nitrogens with one attached hydrogen (secondary N) is 1. The lowest BCUT2D eigenvalue weighted by molar-refractivity contribution is 0.552. The van der Waals surface area contributed by atoms with Gasteiger partial charge in [-0.2, -0.15) is 0 Å². The third-order valence-corrected chi connectivity index (χ3v) is 4.53. The van der Waals surface area contributed by atoms with Crippen molar-refractivity contribution >= 4 is 21.6 Å². The molecule has 1 saturated heterocycles. The average molecular weight is 325 g/mol. The molecule has 0 amide bonds. The van der Waals surface area contributed by atoms with Crippen molar-refractivity contribution in [1.29, 1.82) is 0 Å². The van der Waals surface area contributed by atoms with Crippen LogP contribution in [0.1, 0.15) is 39.2 Å². The largest absolute Gasteiger partial charge is 0.369 e. The van der Waals surface area contributed by atoms with Crippen LogP contribution in [0.4, 0.5) is 5.69 Å². The van der Waals surface area contributed by atoms with E-state index in [-0.39, 0.29) is 0 Å². The van der Waals surface area contributed by atoms with E-state index in [0.717, 1.165) is 13.1 Å². The van der Waals surface area contributed by atoms with E-state index in [2.05, 4.69) is 65.1 Å². The van der Waals surface area contributed by atoms with Gasteiger partial charge in [0.25, 0.3) is 0 Å². The summed E-state index contributed by atoms with van der Waals surface area (Å²) in [6.07, 6.45) is 2.63. The van der Waals surface area contributed by atoms with E-state index in [1.54, 1.807) is 0 Å². The first-order chi connectivity index (χ1) is 9.08. The highest BCUT2D eigenvalue weighted by Crippen LogP contribution is 2.29. The predicted octanol–water partition coefficient (Wildman–Crippen LogP) is 4.18. The molecule has 1 aromatic carbocycles. The SMILES string of the molecule is CC(C)CNCc1ccc(N2CCCC2C)cc1Br. The number of hydrogen-bond acceptors (Lipinski definition) is 2. The van der Waals surface area contributed by atoms with Crippen LogP contribution >= 0.6 is 15.9 Å². The summed E-state index contributed by atoms with van der Waals surface area (Å²) in [6, 6.07) is 7.46. The Bertz CT molecular complexity index is 417. The Kier molecular flexibility index (Phi) is 5.28. The summed E-state index contributed by atoms with van der Waals surface area (Å²) in [4.78, 5) is 2.51. The summed E-state index contributed by atoms with van der Waals surface area (Å²) in [6.45, 7) is 9.99. The molecule has 1 fully saturated rings. The summed E-state index contributed by atoms with van der Waals surface area (Å²) in [5.74, 6) is 0.698. The third-order valence-electron chi connectivity index (χ3n) is 3.79. The van der Waals surface area contributed by atoms with Crippen molar-refractivity contribution in [3.63, 3.8) is 0 Å². The fraction of sp³-hybridized carbons (Fsp3) is 0.625. The van der Waals surface area contributed by atoms with Gasteiger partial charge in [0, 0.05) is 29.3 Å². The Morgan fingerprint density at radius 1 is 1.42 bits per heavy atom. The van der Waals surface area contributed by atoms with Crippen molar-refractivity contribution in [3.05, 3.63) is 28.2 Å². The number of anilines is 1. The number of nitrogens with zero attached hydrogens (tertiary/aromatic N) is 1. The molecule has 1 N–H and O–H groups in total. The summed E-state index contributed by atoms with van der Waals surface area (Å²) in [7, 11) is 0.